The fraction of sp³-hybridized carbons (Fsp3) is 0.667. The van der Waals surface area contributed by atoms with Crippen LogP contribution in [0.4, 0.5) is 0 Å². The van der Waals surface area contributed by atoms with Crippen LogP contribution in [0, 0.1) is 11.8 Å². The molecule has 1 aromatic rings. The van der Waals surface area contributed by atoms with E-state index < -0.39 is 0 Å². The highest BCUT2D eigenvalue weighted by molar-refractivity contribution is 5.20. The summed E-state index contributed by atoms with van der Waals surface area (Å²) in [4.78, 5) is 2.77. The number of benzene rings is 1. The number of nitrogens with zero attached hydrogens (tertiary/aromatic N) is 1. The quantitative estimate of drug-likeness (QED) is 0.920. The van der Waals surface area contributed by atoms with Crippen molar-refractivity contribution in [3.8, 4) is 0 Å². The Morgan fingerprint density at radius 2 is 2.00 bits per heavy atom. The van der Waals surface area contributed by atoms with Crippen LogP contribution in [0.15, 0.2) is 30.3 Å². The molecule has 1 N–H and O–H groups in total. The minimum absolute atomic E-state index is 0.489. The van der Waals surface area contributed by atoms with Gasteiger partial charge in [0.1, 0.15) is 0 Å². The molecule has 3 aliphatic rings. The molecule has 0 spiro atoms. The Labute approximate surface area is 127 Å². The normalized spacial score (nSPS) is 34.2. The first kappa shape index (κ1) is 13.7. The van der Waals surface area contributed by atoms with Crippen molar-refractivity contribution in [2.75, 3.05) is 32.8 Å². The van der Waals surface area contributed by atoms with Gasteiger partial charge in [-0.2, -0.15) is 0 Å². The lowest BCUT2D eigenvalue weighted by Crippen LogP contribution is -2.54. The first-order valence-electron chi connectivity index (χ1n) is 8.50. The predicted octanol–water partition coefficient (Wildman–Crippen LogP) is 2.45. The van der Waals surface area contributed by atoms with Gasteiger partial charge in [0.25, 0.3) is 0 Å². The van der Waals surface area contributed by atoms with Crippen molar-refractivity contribution in [3.63, 3.8) is 0 Å². The molecule has 0 bridgehead atoms. The van der Waals surface area contributed by atoms with Crippen LogP contribution in [-0.2, 0) is 4.74 Å². The molecule has 1 saturated carbocycles. The summed E-state index contributed by atoms with van der Waals surface area (Å²) >= 11 is 0. The maximum atomic E-state index is 5.58. The zero-order chi connectivity index (χ0) is 14.1. The molecule has 2 heterocycles. The van der Waals surface area contributed by atoms with E-state index in [9.17, 15) is 0 Å². The molecule has 0 amide bonds. The zero-order valence-electron chi connectivity index (χ0n) is 12.7. The van der Waals surface area contributed by atoms with Crippen molar-refractivity contribution < 1.29 is 4.74 Å². The van der Waals surface area contributed by atoms with Gasteiger partial charge in [-0.05, 0) is 36.7 Å². The number of nitrogens with one attached hydrogen (secondary N) is 1. The molecule has 1 aliphatic carbocycles. The first-order chi connectivity index (χ1) is 10.4. The van der Waals surface area contributed by atoms with E-state index in [-0.39, 0.29) is 0 Å². The van der Waals surface area contributed by atoms with E-state index in [1.54, 1.807) is 0 Å². The summed E-state index contributed by atoms with van der Waals surface area (Å²) in [5, 5.41) is 3.79. The highest BCUT2D eigenvalue weighted by atomic mass is 16.5. The van der Waals surface area contributed by atoms with Gasteiger partial charge in [-0.15, -0.1) is 0 Å². The predicted molar refractivity (Wildman–Crippen MR) is 84.2 cm³/mol. The Hall–Kier alpha value is -0.900. The van der Waals surface area contributed by atoms with E-state index in [0.29, 0.717) is 6.04 Å². The van der Waals surface area contributed by atoms with Gasteiger partial charge in [0.15, 0.2) is 0 Å². The average Bonchev–Trinajstić information content (AvgIpc) is 3.25. The molecule has 3 heteroatoms. The minimum atomic E-state index is 0.489. The van der Waals surface area contributed by atoms with E-state index in [4.69, 9.17) is 4.74 Å². The molecular weight excluding hydrogens is 260 g/mol. The summed E-state index contributed by atoms with van der Waals surface area (Å²) in [6.07, 6.45) is 4.11. The van der Waals surface area contributed by atoms with Gasteiger partial charge in [0, 0.05) is 38.3 Å². The molecule has 4 rings (SSSR count). The molecule has 3 nitrogen and oxygen atoms in total. The Morgan fingerprint density at radius 3 is 2.71 bits per heavy atom. The molecule has 3 atom stereocenters. The topological polar surface area (TPSA) is 24.5 Å². The summed E-state index contributed by atoms with van der Waals surface area (Å²) in [5.74, 6) is 1.69. The number of ether oxygens (including phenoxy) is 1. The Morgan fingerprint density at radius 1 is 1.14 bits per heavy atom. The lowest BCUT2D eigenvalue weighted by atomic mass is 9.97. The van der Waals surface area contributed by atoms with Gasteiger partial charge in [0.2, 0.25) is 0 Å². The van der Waals surface area contributed by atoms with Crippen molar-refractivity contribution in [2.45, 2.75) is 31.3 Å². The fourth-order valence-electron chi connectivity index (χ4n) is 3.95. The lowest BCUT2D eigenvalue weighted by Gasteiger charge is -2.42. The average molecular weight is 286 g/mol. The second kappa shape index (κ2) is 6.07. The number of rotatable bonds is 4. The highest BCUT2D eigenvalue weighted by Crippen LogP contribution is 2.38. The van der Waals surface area contributed by atoms with Gasteiger partial charge in [-0.3, -0.25) is 4.90 Å². The van der Waals surface area contributed by atoms with Gasteiger partial charge in [-0.25, -0.2) is 0 Å². The van der Waals surface area contributed by atoms with Crippen LogP contribution in [0.2, 0.25) is 0 Å². The third kappa shape index (κ3) is 3.15. The highest BCUT2D eigenvalue weighted by Gasteiger charge is 2.39. The van der Waals surface area contributed by atoms with E-state index in [1.807, 2.05) is 0 Å². The lowest BCUT2D eigenvalue weighted by molar-refractivity contribution is 0.0898. The maximum absolute atomic E-state index is 5.58. The zero-order valence-corrected chi connectivity index (χ0v) is 12.7. The van der Waals surface area contributed by atoms with Gasteiger partial charge in [-0.1, -0.05) is 30.3 Å². The van der Waals surface area contributed by atoms with Crippen molar-refractivity contribution in [1.29, 1.82) is 0 Å². The van der Waals surface area contributed by atoms with Crippen LogP contribution in [0.3, 0.4) is 0 Å². The Balaban J connectivity index is 1.46. The SMILES string of the molecule is c1ccc(C2CN(CC3CCOC3)C(C3CC3)CN2)cc1. The van der Waals surface area contributed by atoms with Crippen LogP contribution in [0.5, 0.6) is 0 Å². The minimum Gasteiger partial charge on any atom is -0.381 e. The molecule has 0 radical (unpaired) electrons. The van der Waals surface area contributed by atoms with Crippen LogP contribution in [0.25, 0.3) is 0 Å². The van der Waals surface area contributed by atoms with Gasteiger partial charge < -0.3 is 10.1 Å². The van der Waals surface area contributed by atoms with E-state index in [2.05, 4.69) is 40.5 Å². The van der Waals surface area contributed by atoms with E-state index >= 15 is 0 Å². The van der Waals surface area contributed by atoms with Crippen molar-refractivity contribution in [2.24, 2.45) is 11.8 Å². The third-order valence-corrected chi connectivity index (χ3v) is 5.34. The van der Waals surface area contributed by atoms with Crippen LogP contribution < -0.4 is 5.32 Å². The summed E-state index contributed by atoms with van der Waals surface area (Å²) in [6.45, 7) is 5.47. The summed E-state index contributed by atoms with van der Waals surface area (Å²) in [7, 11) is 0. The summed E-state index contributed by atoms with van der Waals surface area (Å²) in [6, 6.07) is 12.2. The molecule has 3 fully saturated rings. The molecule has 21 heavy (non-hydrogen) atoms. The largest absolute Gasteiger partial charge is 0.381 e. The van der Waals surface area contributed by atoms with Crippen molar-refractivity contribution in [1.82, 2.24) is 10.2 Å². The molecule has 2 saturated heterocycles. The molecule has 2 aliphatic heterocycles. The van der Waals surface area contributed by atoms with Gasteiger partial charge in [0.05, 0.1) is 6.61 Å². The molecule has 1 aromatic carbocycles. The van der Waals surface area contributed by atoms with Crippen LogP contribution in [-0.4, -0.2) is 43.8 Å². The first-order valence-corrected chi connectivity index (χ1v) is 8.50. The molecule has 0 aromatic heterocycles. The van der Waals surface area contributed by atoms with Crippen LogP contribution >= 0.6 is 0 Å². The molecule has 114 valence electrons. The van der Waals surface area contributed by atoms with Crippen molar-refractivity contribution in [3.05, 3.63) is 35.9 Å². The monoisotopic (exact) mass is 286 g/mol. The molecule has 3 unspecified atom stereocenters. The second-order valence-electron chi connectivity index (χ2n) is 6.96. The van der Waals surface area contributed by atoms with Gasteiger partial charge >= 0.3 is 0 Å². The van der Waals surface area contributed by atoms with E-state index in [0.717, 1.165) is 44.2 Å². The Bertz CT molecular complexity index is 454. The summed E-state index contributed by atoms with van der Waals surface area (Å²) < 4.78 is 5.58. The second-order valence-corrected chi connectivity index (χ2v) is 6.96. The van der Waals surface area contributed by atoms with Crippen LogP contribution in [0.1, 0.15) is 30.9 Å². The third-order valence-electron chi connectivity index (χ3n) is 5.34. The summed E-state index contributed by atoms with van der Waals surface area (Å²) in [5.41, 5.74) is 1.43. The fourth-order valence-corrected chi connectivity index (χ4v) is 3.95. The number of hydrogen-bond acceptors (Lipinski definition) is 3. The van der Waals surface area contributed by atoms with E-state index in [1.165, 1.54) is 31.4 Å². The maximum Gasteiger partial charge on any atom is 0.0507 e. The number of hydrogen-bond donors (Lipinski definition) is 1. The standard InChI is InChI=1S/C18H26N2O/c1-2-4-15(5-3-1)17-12-20(11-14-8-9-21-13-14)18(10-19-17)16-6-7-16/h1-5,14,16-19H,6-13H2. The smallest absolute Gasteiger partial charge is 0.0507 e. The number of piperazine rings is 1. The van der Waals surface area contributed by atoms with Crippen molar-refractivity contribution >= 4 is 0 Å². The molecular formula is C18H26N2O. The Kier molecular flexibility index (Phi) is 3.97.